The summed E-state index contributed by atoms with van der Waals surface area (Å²) in [6.45, 7) is 2.91. The quantitative estimate of drug-likeness (QED) is 0.684. The van der Waals surface area contributed by atoms with E-state index >= 15 is 0 Å². The molecule has 2 aliphatic heterocycles. The highest BCUT2D eigenvalue weighted by atomic mass is 32.2. The first-order valence-electron chi connectivity index (χ1n) is 8.68. The lowest BCUT2D eigenvalue weighted by atomic mass is 10.2. The van der Waals surface area contributed by atoms with Crippen molar-refractivity contribution in [2.24, 2.45) is 4.40 Å². The molecule has 0 aromatic heterocycles. The van der Waals surface area contributed by atoms with E-state index in [-0.39, 0.29) is 5.75 Å². The van der Waals surface area contributed by atoms with Crippen LogP contribution in [-0.4, -0.2) is 36.2 Å². The third-order valence-electron chi connectivity index (χ3n) is 4.48. The Labute approximate surface area is 159 Å². The van der Waals surface area contributed by atoms with Gasteiger partial charge in [0.05, 0.1) is 5.56 Å². The van der Waals surface area contributed by atoms with Crippen molar-refractivity contribution in [3.63, 3.8) is 0 Å². The smallest absolute Gasteiger partial charge is 0.416 e. The Bertz CT molecular complexity index is 839. The van der Waals surface area contributed by atoms with E-state index in [1.807, 2.05) is 12.1 Å². The molecule has 2 aromatic rings. The summed E-state index contributed by atoms with van der Waals surface area (Å²) in [5, 5.41) is 0. The van der Waals surface area contributed by atoms with Crippen molar-refractivity contribution in [2.75, 3.05) is 30.3 Å². The largest absolute Gasteiger partial charge is 0.457 e. The average molecular weight is 393 g/mol. The molecule has 8 heteroatoms. The van der Waals surface area contributed by atoms with Crippen LogP contribution in [0.3, 0.4) is 0 Å². The monoisotopic (exact) mass is 393 g/mol. The highest BCUT2D eigenvalue weighted by Crippen LogP contribution is 2.33. The van der Waals surface area contributed by atoms with Crippen molar-refractivity contribution in [3.8, 4) is 11.5 Å². The van der Waals surface area contributed by atoms with Gasteiger partial charge in [0.2, 0.25) is 5.96 Å². The highest BCUT2D eigenvalue weighted by Gasteiger charge is 2.30. The normalized spacial score (nSPS) is 17.4. The van der Waals surface area contributed by atoms with Crippen LogP contribution in [-0.2, 0) is 6.18 Å². The van der Waals surface area contributed by atoms with Crippen LogP contribution in [0.1, 0.15) is 12.0 Å². The molecule has 0 atom stereocenters. The maximum atomic E-state index is 12.8. The number of nitrogens with zero attached hydrogens (tertiary/aromatic N) is 3. The van der Waals surface area contributed by atoms with E-state index in [1.165, 1.54) is 12.1 Å². The van der Waals surface area contributed by atoms with Gasteiger partial charge in [0.15, 0.2) is 0 Å². The van der Waals surface area contributed by atoms with Crippen molar-refractivity contribution in [1.29, 1.82) is 0 Å². The predicted molar refractivity (Wildman–Crippen MR) is 101 cm³/mol. The van der Waals surface area contributed by atoms with Crippen molar-refractivity contribution in [2.45, 2.75) is 12.6 Å². The molecule has 0 bridgehead atoms. The van der Waals surface area contributed by atoms with Gasteiger partial charge >= 0.3 is 6.18 Å². The van der Waals surface area contributed by atoms with Crippen LogP contribution in [0.5, 0.6) is 11.5 Å². The predicted octanol–water partition coefficient (Wildman–Crippen LogP) is 5.03. The van der Waals surface area contributed by atoms with Gasteiger partial charge in [0.25, 0.3) is 0 Å². The fourth-order valence-electron chi connectivity index (χ4n) is 3.17. The number of halogens is 3. The topological polar surface area (TPSA) is 28.1 Å². The number of guanidine groups is 1. The van der Waals surface area contributed by atoms with Crippen LogP contribution in [0.25, 0.3) is 0 Å². The highest BCUT2D eigenvalue weighted by molar-refractivity contribution is 7.98. The lowest BCUT2D eigenvalue weighted by Gasteiger charge is -2.40. The molecular formula is C19H18F3N3OS. The number of rotatable bonds is 3. The van der Waals surface area contributed by atoms with Gasteiger partial charge in [-0.25, -0.2) is 0 Å². The summed E-state index contributed by atoms with van der Waals surface area (Å²) in [6.07, 6.45) is -3.33. The molecule has 4 nitrogen and oxygen atoms in total. The van der Waals surface area contributed by atoms with Gasteiger partial charge in [-0.3, -0.25) is 0 Å². The molecule has 1 saturated heterocycles. The molecule has 1 fully saturated rings. The van der Waals surface area contributed by atoms with Crippen molar-refractivity contribution < 1.29 is 17.9 Å². The van der Waals surface area contributed by atoms with Crippen molar-refractivity contribution >= 4 is 23.6 Å². The first kappa shape index (κ1) is 18.0. The number of hydrogen-bond donors (Lipinski definition) is 0. The summed E-state index contributed by atoms with van der Waals surface area (Å²) in [4.78, 5) is 4.46. The summed E-state index contributed by atoms with van der Waals surface area (Å²) in [7, 11) is 0. The SMILES string of the molecule is FC(F)(F)c1cccc(Oc2ccc(N3CCCN4CCSN=C43)cc2)c1. The summed E-state index contributed by atoms with van der Waals surface area (Å²) in [5.74, 6) is 2.63. The van der Waals surface area contributed by atoms with Crippen molar-refractivity contribution in [1.82, 2.24) is 4.90 Å². The molecule has 0 N–H and O–H groups in total. The number of alkyl halides is 3. The molecule has 0 unspecified atom stereocenters. The average Bonchev–Trinajstić information content (AvgIpc) is 2.68. The van der Waals surface area contributed by atoms with Gasteiger partial charge < -0.3 is 14.5 Å². The maximum Gasteiger partial charge on any atom is 0.416 e. The minimum atomic E-state index is -4.39. The molecular weight excluding hydrogens is 375 g/mol. The number of ether oxygens (including phenoxy) is 1. The number of benzene rings is 2. The van der Waals surface area contributed by atoms with E-state index in [9.17, 15) is 13.2 Å². The summed E-state index contributed by atoms with van der Waals surface area (Å²) in [5.41, 5.74) is 0.273. The van der Waals surface area contributed by atoms with Crippen LogP contribution >= 0.6 is 11.9 Å². The third-order valence-corrected chi connectivity index (χ3v) is 5.14. The van der Waals surface area contributed by atoms with Gasteiger partial charge in [-0.05, 0) is 60.8 Å². The minimum absolute atomic E-state index is 0.162. The second kappa shape index (κ2) is 7.34. The molecule has 0 spiro atoms. The zero-order valence-electron chi connectivity index (χ0n) is 14.4. The summed E-state index contributed by atoms with van der Waals surface area (Å²) < 4.78 is 48.6. The van der Waals surface area contributed by atoms with E-state index in [4.69, 9.17) is 4.74 Å². The summed E-state index contributed by atoms with van der Waals surface area (Å²) in [6, 6.07) is 12.2. The van der Waals surface area contributed by atoms with Gasteiger partial charge in [0.1, 0.15) is 11.5 Å². The Morgan fingerprint density at radius 2 is 1.78 bits per heavy atom. The van der Waals surface area contributed by atoms with E-state index in [1.54, 1.807) is 24.1 Å². The lowest BCUT2D eigenvalue weighted by molar-refractivity contribution is -0.137. The molecule has 0 amide bonds. The maximum absolute atomic E-state index is 12.8. The first-order valence-corrected chi connectivity index (χ1v) is 9.62. The van der Waals surface area contributed by atoms with Crippen LogP contribution in [0.15, 0.2) is 52.9 Å². The van der Waals surface area contributed by atoms with Gasteiger partial charge in [-0.2, -0.15) is 17.6 Å². The standard InChI is InChI=1S/C19H18F3N3OS/c20-19(21,22)14-3-1-4-17(13-14)26-16-7-5-15(6-8-16)25-10-2-9-24-11-12-27-23-18(24)25/h1,3-8,13H,2,9-12H2. The second-order valence-corrected chi connectivity index (χ2v) is 7.19. The zero-order valence-corrected chi connectivity index (χ0v) is 15.3. The molecule has 4 rings (SSSR count). The molecule has 0 saturated carbocycles. The molecule has 2 aliphatic rings. The molecule has 142 valence electrons. The van der Waals surface area contributed by atoms with Crippen LogP contribution in [0.2, 0.25) is 0 Å². The van der Waals surface area contributed by atoms with E-state index in [2.05, 4.69) is 14.2 Å². The fraction of sp³-hybridized carbons (Fsp3) is 0.316. The van der Waals surface area contributed by atoms with Crippen molar-refractivity contribution in [3.05, 3.63) is 54.1 Å². The van der Waals surface area contributed by atoms with Gasteiger partial charge in [-0.1, -0.05) is 6.07 Å². The Morgan fingerprint density at radius 3 is 2.56 bits per heavy atom. The van der Waals surface area contributed by atoms with E-state index < -0.39 is 11.7 Å². The molecule has 27 heavy (non-hydrogen) atoms. The number of hydrogen-bond acceptors (Lipinski definition) is 5. The first-order chi connectivity index (χ1) is 13.0. The number of anilines is 1. The van der Waals surface area contributed by atoms with E-state index in [0.29, 0.717) is 5.75 Å². The molecule has 0 radical (unpaired) electrons. The second-order valence-electron chi connectivity index (χ2n) is 6.34. The van der Waals surface area contributed by atoms with E-state index in [0.717, 1.165) is 55.6 Å². The Balaban J connectivity index is 1.50. The summed E-state index contributed by atoms with van der Waals surface area (Å²) >= 11 is 1.58. The number of fused-ring (bicyclic) bond motifs is 1. The minimum Gasteiger partial charge on any atom is -0.457 e. The van der Waals surface area contributed by atoms with Gasteiger partial charge in [0, 0.05) is 31.1 Å². The zero-order chi connectivity index (χ0) is 18.9. The Morgan fingerprint density at radius 1 is 0.963 bits per heavy atom. The third kappa shape index (κ3) is 4.00. The van der Waals surface area contributed by atoms with Crippen LogP contribution in [0, 0.1) is 0 Å². The molecule has 0 aliphatic carbocycles. The van der Waals surface area contributed by atoms with Gasteiger partial charge in [-0.15, -0.1) is 0 Å². The Kier molecular flexibility index (Phi) is 4.90. The van der Waals surface area contributed by atoms with Crippen LogP contribution in [0.4, 0.5) is 18.9 Å². The molecule has 2 heterocycles. The van der Waals surface area contributed by atoms with Crippen LogP contribution < -0.4 is 9.64 Å². The Hall–Kier alpha value is -2.35. The fourth-order valence-corrected chi connectivity index (χ4v) is 3.90. The molecule has 2 aromatic carbocycles. The lowest BCUT2D eigenvalue weighted by Crippen LogP contribution is -2.52.